The van der Waals surface area contributed by atoms with Gasteiger partial charge in [0.05, 0.1) is 42.9 Å². The standard InChI is InChI=1S/C29H32ClN5O3/c1-19(2)25-16-20(4-6-26(25)30)32-29-33-27-17-23(5-7-28(27)34(29)3)38-24-8-9-31-21(15-24)14-22(36)18-35-10-12-37-13-11-35/h4-9,15-17,19H,10-14,18H2,1-3H3,(H,32,33). The highest BCUT2D eigenvalue weighted by molar-refractivity contribution is 6.31. The number of ether oxygens (including phenoxy) is 2. The average molecular weight is 534 g/mol. The number of carbonyl (C=O) groups excluding carboxylic acids is 1. The zero-order valence-electron chi connectivity index (χ0n) is 21.9. The number of morpholine rings is 1. The van der Waals surface area contributed by atoms with Crippen molar-refractivity contribution in [3.8, 4) is 11.5 Å². The molecule has 8 nitrogen and oxygen atoms in total. The van der Waals surface area contributed by atoms with Gasteiger partial charge in [0, 0.05) is 49.2 Å². The topological polar surface area (TPSA) is 81.5 Å². The van der Waals surface area contributed by atoms with Crippen LogP contribution in [0.4, 0.5) is 11.6 Å². The third-order valence-corrected chi connectivity index (χ3v) is 6.98. The van der Waals surface area contributed by atoms with Crippen molar-refractivity contribution in [1.82, 2.24) is 19.4 Å². The summed E-state index contributed by atoms with van der Waals surface area (Å²) >= 11 is 6.36. The number of rotatable bonds is 9. The fraction of sp³-hybridized carbons (Fsp3) is 0.345. The third-order valence-electron chi connectivity index (χ3n) is 6.63. The second kappa shape index (κ2) is 11.5. The summed E-state index contributed by atoms with van der Waals surface area (Å²) in [5.41, 5.74) is 4.49. The second-order valence-corrected chi connectivity index (χ2v) is 10.3. The molecule has 0 bridgehead atoms. The summed E-state index contributed by atoms with van der Waals surface area (Å²) in [5.74, 6) is 2.46. The van der Waals surface area contributed by atoms with E-state index in [0.717, 1.165) is 46.3 Å². The number of halogens is 1. The molecule has 38 heavy (non-hydrogen) atoms. The minimum absolute atomic E-state index is 0.132. The molecule has 3 heterocycles. The van der Waals surface area contributed by atoms with Crippen LogP contribution < -0.4 is 10.1 Å². The lowest BCUT2D eigenvalue weighted by Gasteiger charge is -2.25. The second-order valence-electron chi connectivity index (χ2n) is 9.85. The molecule has 198 valence electrons. The molecule has 1 N–H and O–H groups in total. The average Bonchev–Trinajstić information content (AvgIpc) is 3.20. The summed E-state index contributed by atoms with van der Waals surface area (Å²) in [6.45, 7) is 7.58. The van der Waals surface area contributed by atoms with E-state index in [4.69, 9.17) is 26.1 Å². The normalized spacial score (nSPS) is 14.2. The van der Waals surface area contributed by atoms with Crippen LogP contribution in [0.3, 0.4) is 0 Å². The Morgan fingerprint density at radius 3 is 2.68 bits per heavy atom. The van der Waals surface area contributed by atoms with E-state index < -0.39 is 0 Å². The van der Waals surface area contributed by atoms with Gasteiger partial charge in [-0.1, -0.05) is 25.4 Å². The molecule has 5 rings (SSSR count). The monoisotopic (exact) mass is 533 g/mol. The Labute approximate surface area is 227 Å². The molecule has 0 aliphatic carbocycles. The number of fused-ring (bicyclic) bond motifs is 1. The summed E-state index contributed by atoms with van der Waals surface area (Å²) in [6.07, 6.45) is 1.94. The van der Waals surface area contributed by atoms with Gasteiger partial charge >= 0.3 is 0 Å². The molecule has 9 heteroatoms. The quantitative estimate of drug-likeness (QED) is 0.294. The molecule has 0 atom stereocenters. The predicted molar refractivity (Wildman–Crippen MR) is 150 cm³/mol. The van der Waals surface area contributed by atoms with Crippen LogP contribution in [-0.2, 0) is 23.0 Å². The van der Waals surface area contributed by atoms with Crippen molar-refractivity contribution in [1.29, 1.82) is 0 Å². The van der Waals surface area contributed by atoms with Crippen LogP contribution >= 0.6 is 11.6 Å². The van der Waals surface area contributed by atoms with Gasteiger partial charge in [0.25, 0.3) is 0 Å². The number of Topliss-reactive ketones (excluding diaryl/α,β-unsaturated/α-hetero) is 1. The minimum atomic E-state index is 0.132. The van der Waals surface area contributed by atoms with Crippen LogP contribution in [0.1, 0.15) is 31.0 Å². The summed E-state index contributed by atoms with van der Waals surface area (Å²) in [7, 11) is 1.97. The number of ketones is 1. The SMILES string of the molecule is CC(C)c1cc(Nc2nc3cc(Oc4ccnc(CC(=O)CN5CCOCC5)c4)ccc3n2C)ccc1Cl. The Balaban J connectivity index is 1.28. The molecule has 1 aliphatic heterocycles. The Hall–Kier alpha value is -3.46. The lowest BCUT2D eigenvalue weighted by Crippen LogP contribution is -2.39. The van der Waals surface area contributed by atoms with Crippen molar-refractivity contribution in [3.05, 3.63) is 71.0 Å². The van der Waals surface area contributed by atoms with Crippen molar-refractivity contribution < 1.29 is 14.3 Å². The molecular formula is C29H32ClN5O3. The Bertz CT molecular complexity index is 1450. The van der Waals surface area contributed by atoms with E-state index in [-0.39, 0.29) is 12.2 Å². The Kier molecular flexibility index (Phi) is 7.93. The first-order chi connectivity index (χ1) is 18.4. The zero-order valence-corrected chi connectivity index (χ0v) is 22.7. The van der Waals surface area contributed by atoms with Crippen molar-refractivity contribution in [3.63, 3.8) is 0 Å². The van der Waals surface area contributed by atoms with Gasteiger partial charge in [0.2, 0.25) is 5.95 Å². The molecule has 0 saturated carbocycles. The fourth-order valence-corrected chi connectivity index (χ4v) is 4.90. The molecule has 0 radical (unpaired) electrons. The van der Waals surface area contributed by atoms with Gasteiger partial charge in [-0.3, -0.25) is 14.7 Å². The minimum Gasteiger partial charge on any atom is -0.457 e. The van der Waals surface area contributed by atoms with Crippen LogP contribution in [0.25, 0.3) is 11.0 Å². The number of aryl methyl sites for hydroxylation is 1. The number of anilines is 2. The molecular weight excluding hydrogens is 502 g/mol. The molecule has 4 aromatic rings. The first-order valence-corrected chi connectivity index (χ1v) is 13.2. The lowest BCUT2D eigenvalue weighted by atomic mass is 10.0. The maximum absolute atomic E-state index is 12.5. The molecule has 1 fully saturated rings. The van der Waals surface area contributed by atoms with Crippen LogP contribution in [-0.4, -0.2) is 58.1 Å². The molecule has 1 aliphatic rings. The van der Waals surface area contributed by atoms with Crippen LogP contribution in [0.5, 0.6) is 11.5 Å². The number of carbonyl (C=O) groups is 1. The number of hydrogen-bond acceptors (Lipinski definition) is 7. The molecule has 0 amide bonds. The molecule has 2 aromatic heterocycles. The van der Waals surface area contributed by atoms with Crippen LogP contribution in [0.2, 0.25) is 5.02 Å². The third kappa shape index (κ3) is 6.15. The summed E-state index contributed by atoms with van der Waals surface area (Å²) < 4.78 is 13.5. The van der Waals surface area contributed by atoms with Gasteiger partial charge in [-0.2, -0.15) is 0 Å². The summed E-state index contributed by atoms with van der Waals surface area (Å²) in [6, 6.07) is 15.3. The van der Waals surface area contributed by atoms with Gasteiger partial charge in [-0.05, 0) is 47.9 Å². The highest BCUT2D eigenvalue weighted by Crippen LogP contribution is 2.31. The van der Waals surface area contributed by atoms with Gasteiger partial charge in [-0.25, -0.2) is 4.98 Å². The summed E-state index contributed by atoms with van der Waals surface area (Å²) in [4.78, 5) is 23.8. The Morgan fingerprint density at radius 1 is 1.11 bits per heavy atom. The maximum atomic E-state index is 12.5. The first kappa shape index (κ1) is 26.2. The van der Waals surface area contributed by atoms with E-state index >= 15 is 0 Å². The first-order valence-electron chi connectivity index (χ1n) is 12.8. The Morgan fingerprint density at radius 2 is 1.89 bits per heavy atom. The van der Waals surface area contributed by atoms with Gasteiger partial charge in [0.15, 0.2) is 5.78 Å². The van der Waals surface area contributed by atoms with Gasteiger partial charge < -0.3 is 19.4 Å². The molecule has 0 spiro atoms. The number of aromatic nitrogens is 3. The fourth-order valence-electron chi connectivity index (χ4n) is 4.57. The highest BCUT2D eigenvalue weighted by atomic mass is 35.5. The van der Waals surface area contributed by atoms with E-state index in [0.29, 0.717) is 42.9 Å². The van der Waals surface area contributed by atoms with E-state index in [1.165, 1.54) is 0 Å². The smallest absolute Gasteiger partial charge is 0.208 e. The summed E-state index contributed by atoms with van der Waals surface area (Å²) in [5, 5.41) is 4.17. The van der Waals surface area contributed by atoms with Gasteiger partial charge in [-0.15, -0.1) is 0 Å². The van der Waals surface area contributed by atoms with E-state index in [2.05, 4.69) is 35.1 Å². The largest absolute Gasteiger partial charge is 0.457 e. The number of pyridine rings is 1. The molecule has 2 aromatic carbocycles. The van der Waals surface area contributed by atoms with E-state index in [9.17, 15) is 4.79 Å². The van der Waals surface area contributed by atoms with E-state index in [1.807, 2.05) is 48.0 Å². The van der Waals surface area contributed by atoms with Crippen molar-refractivity contribution in [2.24, 2.45) is 7.05 Å². The zero-order chi connectivity index (χ0) is 26.6. The van der Waals surface area contributed by atoms with E-state index in [1.54, 1.807) is 12.3 Å². The predicted octanol–water partition coefficient (Wildman–Crippen LogP) is 5.72. The number of imidazole rings is 1. The molecule has 1 saturated heterocycles. The number of benzene rings is 2. The van der Waals surface area contributed by atoms with Crippen LogP contribution in [0, 0.1) is 0 Å². The van der Waals surface area contributed by atoms with Crippen molar-refractivity contribution >= 4 is 40.1 Å². The van der Waals surface area contributed by atoms with Crippen molar-refractivity contribution in [2.45, 2.75) is 26.2 Å². The number of nitrogens with one attached hydrogen (secondary N) is 1. The lowest BCUT2D eigenvalue weighted by molar-refractivity contribution is -0.120. The van der Waals surface area contributed by atoms with Gasteiger partial charge in [0.1, 0.15) is 11.5 Å². The van der Waals surface area contributed by atoms with Crippen LogP contribution in [0.15, 0.2) is 54.7 Å². The maximum Gasteiger partial charge on any atom is 0.208 e. The highest BCUT2D eigenvalue weighted by Gasteiger charge is 2.16. The van der Waals surface area contributed by atoms with Crippen molar-refractivity contribution in [2.75, 3.05) is 38.2 Å². The number of hydrogen-bond donors (Lipinski definition) is 1. The molecule has 0 unspecified atom stereocenters. The number of nitrogens with zero attached hydrogens (tertiary/aromatic N) is 4.